The van der Waals surface area contributed by atoms with Crippen LogP contribution < -0.4 is 5.32 Å². The quantitative estimate of drug-likeness (QED) is 0.531. The Balaban J connectivity index is 2.03. The SMILES string of the molecule is COC(=O)[C@H](NC1(c2ccccc2)c2ccccc2-c2ccccc21)C(=O)O. The molecule has 1 aliphatic rings. The van der Waals surface area contributed by atoms with Gasteiger partial charge < -0.3 is 9.84 Å². The van der Waals surface area contributed by atoms with Crippen molar-refractivity contribution in [3.8, 4) is 11.1 Å². The van der Waals surface area contributed by atoms with E-state index in [2.05, 4.69) is 5.32 Å². The highest BCUT2D eigenvalue weighted by atomic mass is 16.5. The lowest BCUT2D eigenvalue weighted by Gasteiger charge is -2.35. The van der Waals surface area contributed by atoms with Gasteiger partial charge in [0.05, 0.1) is 12.6 Å². The van der Waals surface area contributed by atoms with E-state index in [-0.39, 0.29) is 0 Å². The standard InChI is InChI=1S/C23H19NO4/c1-28-22(27)20(21(25)26)24-23(15-9-3-2-4-10-15)18-13-7-5-11-16(18)17-12-6-8-14-19(17)23/h2-14,20,24H,1H3,(H,25,26)/t20-/m1/s1. The number of benzene rings is 3. The van der Waals surface area contributed by atoms with Gasteiger partial charge in [0, 0.05) is 0 Å². The first-order chi connectivity index (χ1) is 13.6. The highest BCUT2D eigenvalue weighted by Crippen LogP contribution is 2.50. The van der Waals surface area contributed by atoms with Gasteiger partial charge in [0.2, 0.25) is 6.04 Å². The summed E-state index contributed by atoms with van der Waals surface area (Å²) in [4.78, 5) is 24.2. The summed E-state index contributed by atoms with van der Waals surface area (Å²) in [6.45, 7) is 0. The van der Waals surface area contributed by atoms with Gasteiger partial charge in [-0.15, -0.1) is 0 Å². The van der Waals surface area contributed by atoms with E-state index in [1.807, 2.05) is 78.9 Å². The third kappa shape index (κ3) is 2.60. The van der Waals surface area contributed by atoms with Gasteiger partial charge in [-0.1, -0.05) is 78.9 Å². The van der Waals surface area contributed by atoms with Crippen LogP contribution in [0.3, 0.4) is 0 Å². The van der Waals surface area contributed by atoms with Gasteiger partial charge in [-0.3, -0.25) is 5.32 Å². The zero-order valence-electron chi connectivity index (χ0n) is 15.3. The molecule has 0 saturated carbocycles. The van der Waals surface area contributed by atoms with Crippen molar-refractivity contribution in [2.75, 3.05) is 7.11 Å². The maximum atomic E-state index is 12.3. The highest BCUT2D eigenvalue weighted by molar-refractivity contribution is 5.99. The molecular formula is C23H19NO4. The number of rotatable bonds is 5. The Morgan fingerprint density at radius 3 is 1.86 bits per heavy atom. The first-order valence-electron chi connectivity index (χ1n) is 8.93. The van der Waals surface area contributed by atoms with Crippen LogP contribution in [0, 0.1) is 0 Å². The molecule has 0 amide bonds. The number of hydrogen-bond donors (Lipinski definition) is 2. The maximum Gasteiger partial charge on any atom is 0.334 e. The van der Waals surface area contributed by atoms with Gasteiger partial charge in [0.1, 0.15) is 0 Å². The molecule has 0 bridgehead atoms. The molecule has 0 aromatic heterocycles. The van der Waals surface area contributed by atoms with E-state index in [1.165, 1.54) is 7.11 Å². The molecule has 0 spiro atoms. The molecule has 1 aliphatic carbocycles. The van der Waals surface area contributed by atoms with Crippen molar-refractivity contribution in [2.45, 2.75) is 11.6 Å². The first-order valence-corrected chi connectivity index (χ1v) is 8.93. The lowest BCUT2D eigenvalue weighted by Crippen LogP contribution is -2.55. The molecule has 0 aliphatic heterocycles. The van der Waals surface area contributed by atoms with Crippen LogP contribution in [0.15, 0.2) is 78.9 Å². The number of carbonyl (C=O) groups is 2. The number of nitrogens with one attached hydrogen (secondary N) is 1. The average molecular weight is 373 g/mol. The second-order valence-corrected chi connectivity index (χ2v) is 6.65. The lowest BCUT2D eigenvalue weighted by molar-refractivity contribution is -0.153. The number of carbonyl (C=O) groups excluding carboxylic acids is 1. The van der Waals surface area contributed by atoms with E-state index in [9.17, 15) is 14.7 Å². The fraction of sp³-hybridized carbons (Fsp3) is 0.130. The molecule has 0 heterocycles. The minimum atomic E-state index is -1.52. The summed E-state index contributed by atoms with van der Waals surface area (Å²) in [5, 5.41) is 12.9. The van der Waals surface area contributed by atoms with Crippen LogP contribution in [0.2, 0.25) is 0 Å². The van der Waals surface area contributed by atoms with Crippen molar-refractivity contribution in [2.24, 2.45) is 0 Å². The molecule has 3 aromatic carbocycles. The van der Waals surface area contributed by atoms with Gasteiger partial charge in [-0.25, -0.2) is 9.59 Å². The summed E-state index contributed by atoms with van der Waals surface area (Å²) in [6, 6.07) is 23.7. The fourth-order valence-corrected chi connectivity index (χ4v) is 4.03. The van der Waals surface area contributed by atoms with Gasteiger partial charge in [0.25, 0.3) is 0 Å². The van der Waals surface area contributed by atoms with Crippen molar-refractivity contribution in [1.29, 1.82) is 0 Å². The molecule has 0 unspecified atom stereocenters. The number of carboxylic acid groups (broad SMARTS) is 1. The summed E-state index contributed by atoms with van der Waals surface area (Å²) in [5.74, 6) is -2.13. The molecule has 3 aromatic rings. The van der Waals surface area contributed by atoms with Crippen LogP contribution in [-0.4, -0.2) is 30.2 Å². The molecule has 140 valence electrons. The van der Waals surface area contributed by atoms with Gasteiger partial charge in [0.15, 0.2) is 0 Å². The number of esters is 1. The molecule has 1 atom stereocenters. The summed E-state index contributed by atoms with van der Waals surface area (Å²) >= 11 is 0. The fourth-order valence-electron chi connectivity index (χ4n) is 4.03. The molecule has 28 heavy (non-hydrogen) atoms. The molecular weight excluding hydrogens is 354 g/mol. The second kappa shape index (κ2) is 6.94. The van der Waals surface area contributed by atoms with Crippen molar-refractivity contribution in [3.63, 3.8) is 0 Å². The Morgan fingerprint density at radius 1 is 0.857 bits per heavy atom. The minimum Gasteiger partial charge on any atom is -0.480 e. The molecule has 5 nitrogen and oxygen atoms in total. The monoisotopic (exact) mass is 373 g/mol. The Labute approximate surface area is 162 Å². The third-order valence-electron chi connectivity index (χ3n) is 5.20. The zero-order valence-corrected chi connectivity index (χ0v) is 15.3. The number of aliphatic carboxylic acids is 1. The Morgan fingerprint density at radius 2 is 1.36 bits per heavy atom. The van der Waals surface area contributed by atoms with Gasteiger partial charge in [-0.2, -0.15) is 0 Å². The van der Waals surface area contributed by atoms with E-state index >= 15 is 0 Å². The topological polar surface area (TPSA) is 75.6 Å². The Bertz CT molecular complexity index is 1000. The number of hydrogen-bond acceptors (Lipinski definition) is 4. The number of ether oxygens (including phenoxy) is 1. The van der Waals surface area contributed by atoms with Crippen molar-refractivity contribution in [3.05, 3.63) is 95.6 Å². The van der Waals surface area contributed by atoms with E-state index in [0.29, 0.717) is 0 Å². The van der Waals surface area contributed by atoms with Gasteiger partial charge in [-0.05, 0) is 27.8 Å². The zero-order chi connectivity index (χ0) is 19.7. The number of carboxylic acids is 1. The maximum absolute atomic E-state index is 12.3. The van der Waals surface area contributed by atoms with E-state index in [0.717, 1.165) is 27.8 Å². The molecule has 0 fully saturated rings. The van der Waals surface area contributed by atoms with E-state index < -0.39 is 23.5 Å². The van der Waals surface area contributed by atoms with Crippen LogP contribution in [0.1, 0.15) is 16.7 Å². The first kappa shape index (κ1) is 17.9. The van der Waals surface area contributed by atoms with Crippen LogP contribution in [-0.2, 0) is 19.9 Å². The summed E-state index contributed by atoms with van der Waals surface area (Å²) < 4.78 is 4.76. The predicted molar refractivity (Wildman–Crippen MR) is 105 cm³/mol. The predicted octanol–water partition coefficient (Wildman–Crippen LogP) is 3.17. The third-order valence-corrected chi connectivity index (χ3v) is 5.20. The number of fused-ring (bicyclic) bond motifs is 3. The van der Waals surface area contributed by atoms with Crippen LogP contribution in [0.4, 0.5) is 0 Å². The molecule has 2 N–H and O–H groups in total. The van der Waals surface area contributed by atoms with Crippen LogP contribution in [0.25, 0.3) is 11.1 Å². The molecule has 4 rings (SSSR count). The lowest BCUT2D eigenvalue weighted by atomic mass is 9.80. The normalized spacial score (nSPS) is 14.6. The van der Waals surface area contributed by atoms with Crippen LogP contribution in [0.5, 0.6) is 0 Å². The average Bonchev–Trinajstić information content (AvgIpc) is 3.03. The largest absolute Gasteiger partial charge is 0.480 e. The second-order valence-electron chi connectivity index (χ2n) is 6.65. The van der Waals surface area contributed by atoms with Gasteiger partial charge >= 0.3 is 11.9 Å². The minimum absolute atomic E-state index is 0.843. The summed E-state index contributed by atoms with van der Waals surface area (Å²) in [7, 11) is 1.19. The Kier molecular flexibility index (Phi) is 4.45. The molecule has 0 radical (unpaired) electrons. The summed E-state index contributed by atoms with van der Waals surface area (Å²) in [5.41, 5.74) is 3.66. The number of methoxy groups -OCH3 is 1. The Hall–Kier alpha value is -3.44. The van der Waals surface area contributed by atoms with Crippen LogP contribution >= 0.6 is 0 Å². The van der Waals surface area contributed by atoms with E-state index in [1.54, 1.807) is 0 Å². The van der Waals surface area contributed by atoms with Crippen molar-refractivity contribution >= 4 is 11.9 Å². The molecule has 0 saturated heterocycles. The van der Waals surface area contributed by atoms with Crippen molar-refractivity contribution < 1.29 is 19.4 Å². The van der Waals surface area contributed by atoms with Crippen molar-refractivity contribution in [1.82, 2.24) is 5.32 Å². The highest BCUT2D eigenvalue weighted by Gasteiger charge is 2.48. The summed E-state index contributed by atoms with van der Waals surface area (Å²) in [6.07, 6.45) is 0. The molecule has 5 heteroatoms. The smallest absolute Gasteiger partial charge is 0.334 e. The van der Waals surface area contributed by atoms with E-state index in [4.69, 9.17) is 4.74 Å².